The van der Waals surface area contributed by atoms with Crippen LogP contribution < -0.4 is 10.6 Å². The first-order valence-electron chi connectivity index (χ1n) is 4.42. The molecule has 0 aliphatic carbocycles. The number of hydrogen-bond donors (Lipinski definition) is 2. The minimum absolute atomic E-state index is 0.444. The van der Waals surface area contributed by atoms with E-state index in [1.165, 1.54) is 0 Å². The summed E-state index contributed by atoms with van der Waals surface area (Å²) in [5.74, 6) is 1.79. The third kappa shape index (κ3) is 2.02. The Morgan fingerprint density at radius 3 is 3.31 bits per heavy atom. The fraction of sp³-hybridized carbons (Fsp3) is 0.444. The van der Waals surface area contributed by atoms with Crippen molar-refractivity contribution in [2.24, 2.45) is 4.99 Å². The van der Waals surface area contributed by atoms with E-state index in [9.17, 15) is 0 Å². The molecule has 13 heavy (non-hydrogen) atoms. The minimum Gasteiger partial charge on any atom is -0.467 e. The third-order valence-corrected chi connectivity index (χ3v) is 1.92. The van der Waals surface area contributed by atoms with Crippen LogP contribution in [-0.2, 0) is 6.54 Å². The monoisotopic (exact) mass is 179 g/mol. The second-order valence-electron chi connectivity index (χ2n) is 3.17. The van der Waals surface area contributed by atoms with Gasteiger partial charge in [0.2, 0.25) is 0 Å². The summed E-state index contributed by atoms with van der Waals surface area (Å²) < 4.78 is 5.17. The van der Waals surface area contributed by atoms with Gasteiger partial charge in [-0.25, -0.2) is 0 Å². The maximum Gasteiger partial charge on any atom is 0.191 e. The maximum atomic E-state index is 5.17. The molecule has 1 aliphatic rings. The van der Waals surface area contributed by atoms with E-state index in [0.717, 1.165) is 18.3 Å². The second kappa shape index (κ2) is 3.51. The standard InChI is InChI=1S/C9H13N3O/c1-7-5-10-9(12-7)11-6-8-3-2-4-13-8/h2-4,7H,5-6H2,1H3,(H2,10,11,12). The molecule has 0 spiro atoms. The summed E-state index contributed by atoms with van der Waals surface area (Å²) in [5.41, 5.74) is 0. The van der Waals surface area contributed by atoms with Crippen molar-refractivity contribution >= 4 is 5.96 Å². The van der Waals surface area contributed by atoms with E-state index in [0.29, 0.717) is 12.6 Å². The third-order valence-electron chi connectivity index (χ3n) is 1.92. The predicted molar refractivity (Wildman–Crippen MR) is 50.4 cm³/mol. The zero-order chi connectivity index (χ0) is 9.10. The first kappa shape index (κ1) is 8.16. The molecule has 1 aliphatic heterocycles. The van der Waals surface area contributed by atoms with Crippen molar-refractivity contribution in [3.05, 3.63) is 24.2 Å². The van der Waals surface area contributed by atoms with Gasteiger partial charge in [-0.05, 0) is 19.1 Å². The summed E-state index contributed by atoms with van der Waals surface area (Å²) in [5, 5.41) is 6.37. The van der Waals surface area contributed by atoms with E-state index in [1.54, 1.807) is 6.26 Å². The Labute approximate surface area is 77.0 Å². The molecule has 1 aromatic heterocycles. The first-order chi connectivity index (χ1) is 6.34. The van der Waals surface area contributed by atoms with Crippen LogP contribution in [0.1, 0.15) is 12.7 Å². The molecular weight excluding hydrogens is 166 g/mol. The molecule has 2 rings (SSSR count). The van der Waals surface area contributed by atoms with E-state index in [-0.39, 0.29) is 0 Å². The molecule has 0 saturated carbocycles. The van der Waals surface area contributed by atoms with Crippen LogP contribution in [-0.4, -0.2) is 18.5 Å². The zero-order valence-electron chi connectivity index (χ0n) is 7.58. The number of aliphatic imine (C=N–C) groups is 1. The molecular formula is C9H13N3O. The van der Waals surface area contributed by atoms with Gasteiger partial charge in [0.05, 0.1) is 19.4 Å². The maximum absolute atomic E-state index is 5.17. The summed E-state index contributed by atoms with van der Waals surface area (Å²) in [6.45, 7) is 3.64. The van der Waals surface area contributed by atoms with E-state index >= 15 is 0 Å². The highest BCUT2D eigenvalue weighted by atomic mass is 16.3. The molecule has 4 nitrogen and oxygen atoms in total. The minimum atomic E-state index is 0.444. The van der Waals surface area contributed by atoms with Gasteiger partial charge in [-0.2, -0.15) is 0 Å². The van der Waals surface area contributed by atoms with Crippen LogP contribution in [0.25, 0.3) is 0 Å². The highest BCUT2D eigenvalue weighted by Gasteiger charge is 2.11. The topological polar surface area (TPSA) is 49.6 Å². The number of furan rings is 1. The van der Waals surface area contributed by atoms with Crippen molar-refractivity contribution in [1.82, 2.24) is 10.6 Å². The fourth-order valence-corrected chi connectivity index (χ4v) is 1.24. The lowest BCUT2D eigenvalue weighted by Crippen LogP contribution is -2.37. The Kier molecular flexibility index (Phi) is 2.21. The average molecular weight is 179 g/mol. The summed E-state index contributed by atoms with van der Waals surface area (Å²) in [6, 6.07) is 4.26. The SMILES string of the molecule is CC1CN=C(NCc2ccco2)N1. The molecule has 2 heterocycles. The number of nitrogens with one attached hydrogen (secondary N) is 2. The number of hydrogen-bond acceptors (Lipinski definition) is 4. The molecule has 1 atom stereocenters. The Hall–Kier alpha value is -1.45. The van der Waals surface area contributed by atoms with Gasteiger partial charge >= 0.3 is 0 Å². The first-order valence-corrected chi connectivity index (χ1v) is 4.42. The van der Waals surface area contributed by atoms with Gasteiger partial charge in [0.25, 0.3) is 0 Å². The van der Waals surface area contributed by atoms with E-state index < -0.39 is 0 Å². The highest BCUT2D eigenvalue weighted by molar-refractivity contribution is 5.81. The molecule has 70 valence electrons. The lowest BCUT2D eigenvalue weighted by atomic mass is 10.4. The number of nitrogens with zero attached hydrogens (tertiary/aromatic N) is 1. The van der Waals surface area contributed by atoms with Crippen molar-refractivity contribution in [2.75, 3.05) is 6.54 Å². The second-order valence-corrected chi connectivity index (χ2v) is 3.17. The van der Waals surface area contributed by atoms with Gasteiger partial charge in [-0.15, -0.1) is 0 Å². The summed E-state index contributed by atoms with van der Waals surface area (Å²) in [4.78, 5) is 4.27. The van der Waals surface area contributed by atoms with Crippen LogP contribution in [0.4, 0.5) is 0 Å². The van der Waals surface area contributed by atoms with Crippen LogP contribution in [0, 0.1) is 0 Å². The van der Waals surface area contributed by atoms with Crippen molar-refractivity contribution < 1.29 is 4.42 Å². The summed E-state index contributed by atoms with van der Waals surface area (Å²) in [7, 11) is 0. The quantitative estimate of drug-likeness (QED) is 0.703. The Morgan fingerprint density at radius 2 is 2.69 bits per heavy atom. The van der Waals surface area contributed by atoms with Crippen molar-refractivity contribution in [1.29, 1.82) is 0 Å². The lowest BCUT2D eigenvalue weighted by Gasteiger charge is -2.06. The molecule has 1 unspecified atom stereocenters. The zero-order valence-corrected chi connectivity index (χ0v) is 7.58. The van der Waals surface area contributed by atoms with Gasteiger partial charge in [0, 0.05) is 6.04 Å². The highest BCUT2D eigenvalue weighted by Crippen LogP contribution is 1.99. The Bertz CT molecular complexity index is 292. The molecule has 1 aromatic rings. The van der Waals surface area contributed by atoms with Crippen LogP contribution in [0.15, 0.2) is 27.8 Å². The van der Waals surface area contributed by atoms with Crippen molar-refractivity contribution in [3.63, 3.8) is 0 Å². The van der Waals surface area contributed by atoms with Gasteiger partial charge in [0.1, 0.15) is 5.76 Å². The number of rotatable bonds is 2. The molecule has 2 N–H and O–H groups in total. The molecule has 0 saturated heterocycles. The van der Waals surface area contributed by atoms with Crippen molar-refractivity contribution in [2.45, 2.75) is 19.5 Å². The molecule has 0 radical (unpaired) electrons. The molecule has 0 amide bonds. The van der Waals surface area contributed by atoms with Crippen LogP contribution in [0.3, 0.4) is 0 Å². The van der Waals surface area contributed by atoms with E-state index in [4.69, 9.17) is 4.42 Å². The van der Waals surface area contributed by atoms with Crippen LogP contribution >= 0.6 is 0 Å². The van der Waals surface area contributed by atoms with Crippen LogP contribution in [0.2, 0.25) is 0 Å². The fourth-order valence-electron chi connectivity index (χ4n) is 1.24. The summed E-state index contributed by atoms with van der Waals surface area (Å²) in [6.07, 6.45) is 1.67. The average Bonchev–Trinajstić information content (AvgIpc) is 2.71. The van der Waals surface area contributed by atoms with E-state index in [2.05, 4.69) is 22.5 Å². The van der Waals surface area contributed by atoms with E-state index in [1.807, 2.05) is 12.1 Å². The normalized spacial score (nSPS) is 21.0. The van der Waals surface area contributed by atoms with Gasteiger partial charge in [-0.3, -0.25) is 4.99 Å². The van der Waals surface area contributed by atoms with Gasteiger partial charge < -0.3 is 15.1 Å². The smallest absolute Gasteiger partial charge is 0.191 e. The molecule has 0 fully saturated rings. The lowest BCUT2D eigenvalue weighted by molar-refractivity contribution is 0.502. The molecule has 4 heteroatoms. The Balaban J connectivity index is 1.81. The number of guanidine groups is 1. The van der Waals surface area contributed by atoms with Gasteiger partial charge in [-0.1, -0.05) is 0 Å². The predicted octanol–water partition coefficient (Wildman–Crippen LogP) is 0.717. The van der Waals surface area contributed by atoms with Crippen molar-refractivity contribution in [3.8, 4) is 0 Å². The van der Waals surface area contributed by atoms with Gasteiger partial charge in [0.15, 0.2) is 5.96 Å². The summed E-state index contributed by atoms with van der Waals surface area (Å²) >= 11 is 0. The van der Waals surface area contributed by atoms with Crippen LogP contribution in [0.5, 0.6) is 0 Å². The molecule has 0 aromatic carbocycles. The molecule has 0 bridgehead atoms. The largest absolute Gasteiger partial charge is 0.467 e. The Morgan fingerprint density at radius 1 is 1.77 bits per heavy atom.